The maximum Gasteiger partial charge on any atom is 0.222 e. The highest BCUT2D eigenvalue weighted by molar-refractivity contribution is 8.21. The van der Waals surface area contributed by atoms with Gasteiger partial charge in [-0.3, -0.25) is 4.79 Å². The van der Waals surface area contributed by atoms with E-state index in [1.54, 1.807) is 0 Å². The van der Waals surface area contributed by atoms with Crippen LogP contribution in [0.4, 0.5) is 5.69 Å². The Labute approximate surface area is 152 Å². The molecule has 1 N–H and O–H groups in total. The molecule has 1 amide bonds. The highest BCUT2D eigenvalue weighted by atomic mass is 32.2. The molecule has 0 aromatic heterocycles. The van der Waals surface area contributed by atoms with E-state index in [1.165, 1.54) is 29.2 Å². The fourth-order valence-corrected chi connectivity index (χ4v) is 9.66. The van der Waals surface area contributed by atoms with Crippen LogP contribution >= 0.6 is 23.5 Å². The van der Waals surface area contributed by atoms with Crippen LogP contribution in [0.1, 0.15) is 31.2 Å². The van der Waals surface area contributed by atoms with Gasteiger partial charge in [0.25, 0.3) is 0 Å². The largest absolute Gasteiger partial charge is 0.379 e. The molecule has 3 nitrogen and oxygen atoms in total. The smallest absolute Gasteiger partial charge is 0.222 e. The number of nitrogens with one attached hydrogen (secondary N) is 1. The molecule has 3 aliphatic heterocycles. The van der Waals surface area contributed by atoms with Crippen molar-refractivity contribution in [2.24, 2.45) is 11.8 Å². The number of benzene rings is 1. The van der Waals surface area contributed by atoms with Crippen LogP contribution in [0.5, 0.6) is 0 Å². The first-order valence-corrected chi connectivity index (χ1v) is 11.0. The lowest BCUT2D eigenvalue weighted by Gasteiger charge is -2.59. The maximum absolute atomic E-state index is 12.8. The lowest BCUT2D eigenvalue weighted by Crippen LogP contribution is -2.67. The van der Waals surface area contributed by atoms with Gasteiger partial charge in [0.05, 0.1) is 10.1 Å². The Morgan fingerprint density at radius 3 is 2.79 bits per heavy atom. The minimum atomic E-state index is 0.164. The number of likely N-dealkylation sites (tertiary alicyclic amines) is 1. The van der Waals surface area contributed by atoms with Crippen LogP contribution in [-0.2, 0) is 4.79 Å². The Kier molecular flexibility index (Phi) is 3.44. The molecule has 5 rings (SSSR count). The molecule has 1 spiro atoms. The summed E-state index contributed by atoms with van der Waals surface area (Å²) in [5, 5.41) is 3.90. The summed E-state index contributed by atoms with van der Waals surface area (Å²) >= 11 is 4.27. The number of hydrogen-bond donors (Lipinski definition) is 1. The summed E-state index contributed by atoms with van der Waals surface area (Å²) in [6.45, 7) is 2.32. The van der Waals surface area contributed by atoms with Crippen molar-refractivity contribution in [1.82, 2.24) is 4.90 Å². The molecule has 1 aromatic carbocycles. The summed E-state index contributed by atoms with van der Waals surface area (Å²) in [5.74, 6) is 4.32. The van der Waals surface area contributed by atoms with Gasteiger partial charge >= 0.3 is 0 Å². The average molecular weight is 361 g/mol. The molecule has 1 saturated carbocycles. The fourth-order valence-electron chi connectivity index (χ4n) is 5.81. The van der Waals surface area contributed by atoms with E-state index in [0.717, 1.165) is 6.42 Å². The number of carbonyl (C=O) groups excluding carboxylic acids is 1. The number of piperidine rings is 1. The third-order valence-electron chi connectivity index (χ3n) is 6.71. The highest BCUT2D eigenvalue weighted by Gasteiger charge is 2.66. The SMILES string of the molecule is CC[C@@H]1[C@@H]2C3c4ccccc4NC3C3(SCCS3)[C@H]1CC(=O)N2C. The van der Waals surface area contributed by atoms with Gasteiger partial charge in [-0.1, -0.05) is 31.5 Å². The minimum absolute atomic E-state index is 0.164. The molecule has 1 aromatic rings. The van der Waals surface area contributed by atoms with Gasteiger partial charge in [0.15, 0.2) is 0 Å². The van der Waals surface area contributed by atoms with Crippen LogP contribution < -0.4 is 5.32 Å². The summed E-state index contributed by atoms with van der Waals surface area (Å²) in [5.41, 5.74) is 2.72. The first-order valence-electron chi connectivity index (χ1n) is 9.06. The molecule has 2 bridgehead atoms. The van der Waals surface area contributed by atoms with Gasteiger partial charge in [-0.15, -0.1) is 23.5 Å². The van der Waals surface area contributed by atoms with Crippen LogP contribution in [-0.4, -0.2) is 45.5 Å². The van der Waals surface area contributed by atoms with Crippen molar-refractivity contribution in [3.8, 4) is 0 Å². The molecular weight excluding hydrogens is 336 g/mol. The summed E-state index contributed by atoms with van der Waals surface area (Å²) in [4.78, 5) is 14.9. The Bertz CT molecular complexity index is 688. The van der Waals surface area contributed by atoms with Crippen molar-refractivity contribution in [2.45, 2.75) is 41.8 Å². The van der Waals surface area contributed by atoms with Crippen molar-refractivity contribution >= 4 is 35.1 Å². The monoisotopic (exact) mass is 360 g/mol. The lowest BCUT2D eigenvalue weighted by molar-refractivity contribution is -0.144. The Morgan fingerprint density at radius 2 is 2.04 bits per heavy atom. The third kappa shape index (κ3) is 1.80. The molecule has 2 unspecified atom stereocenters. The topological polar surface area (TPSA) is 32.3 Å². The van der Waals surface area contributed by atoms with Crippen LogP contribution in [0.2, 0.25) is 0 Å². The molecule has 128 valence electrons. The number of amides is 1. The zero-order valence-electron chi connectivity index (χ0n) is 14.2. The predicted octanol–water partition coefficient (Wildman–Crippen LogP) is 3.63. The number of likely N-dealkylation sites (N-methyl/N-ethyl adjacent to an activating group) is 1. The number of rotatable bonds is 1. The summed E-state index contributed by atoms with van der Waals surface area (Å²) in [7, 11) is 2.04. The van der Waals surface area contributed by atoms with Crippen LogP contribution in [0.3, 0.4) is 0 Å². The van der Waals surface area contributed by atoms with Gasteiger partial charge in [0.2, 0.25) is 5.91 Å². The molecular formula is C19H24N2OS2. The van der Waals surface area contributed by atoms with E-state index in [2.05, 4.69) is 64.9 Å². The predicted molar refractivity (Wildman–Crippen MR) is 103 cm³/mol. The van der Waals surface area contributed by atoms with Crippen LogP contribution in [0.25, 0.3) is 0 Å². The first kappa shape index (κ1) is 15.4. The molecule has 2 saturated heterocycles. The number of para-hydroxylation sites is 1. The zero-order valence-corrected chi connectivity index (χ0v) is 15.8. The molecule has 0 radical (unpaired) electrons. The number of hydrogen-bond acceptors (Lipinski definition) is 4. The fraction of sp³-hybridized carbons (Fsp3) is 0.632. The van der Waals surface area contributed by atoms with Crippen LogP contribution in [0.15, 0.2) is 24.3 Å². The summed E-state index contributed by atoms with van der Waals surface area (Å²) in [6.07, 6.45) is 1.90. The highest BCUT2D eigenvalue weighted by Crippen LogP contribution is 2.66. The Balaban J connectivity index is 1.71. The van der Waals surface area contributed by atoms with E-state index in [9.17, 15) is 4.79 Å². The molecule has 5 atom stereocenters. The Morgan fingerprint density at radius 1 is 1.29 bits per heavy atom. The second kappa shape index (κ2) is 5.34. The standard InChI is InChI=1S/C19H24N2OS2/c1-3-11-13-10-15(22)21(2)17(11)16-12-6-4-5-7-14(12)20-18(16)19(13)23-8-9-24-19/h4-7,11,13,16-18,20H,3,8-10H2,1-2H3/t11-,13-,16?,17+,18?/m0/s1. The third-order valence-corrected chi connectivity index (χ3v) is 10.5. The van der Waals surface area contributed by atoms with Crippen molar-refractivity contribution in [2.75, 3.05) is 23.9 Å². The minimum Gasteiger partial charge on any atom is -0.379 e. The van der Waals surface area contributed by atoms with Crippen molar-refractivity contribution < 1.29 is 4.79 Å². The first-order chi connectivity index (χ1) is 11.7. The lowest BCUT2D eigenvalue weighted by atomic mass is 9.62. The molecule has 4 aliphatic rings. The van der Waals surface area contributed by atoms with Gasteiger partial charge in [-0.2, -0.15) is 0 Å². The van der Waals surface area contributed by atoms with Gasteiger partial charge in [0, 0.05) is 42.6 Å². The van der Waals surface area contributed by atoms with E-state index >= 15 is 0 Å². The zero-order chi connectivity index (χ0) is 16.5. The van der Waals surface area contributed by atoms with E-state index in [-0.39, 0.29) is 4.08 Å². The van der Waals surface area contributed by atoms with Gasteiger partial charge in [-0.05, 0) is 23.5 Å². The number of carbonyl (C=O) groups is 1. The molecule has 3 heterocycles. The van der Waals surface area contributed by atoms with Gasteiger partial charge < -0.3 is 10.2 Å². The number of fused-ring (bicyclic) bond motifs is 8. The second-order valence-electron chi connectivity index (χ2n) is 7.53. The molecule has 5 heteroatoms. The second-order valence-corrected chi connectivity index (χ2v) is 10.5. The van der Waals surface area contributed by atoms with Gasteiger partial charge in [0.1, 0.15) is 0 Å². The summed E-state index contributed by atoms with van der Waals surface area (Å²) in [6, 6.07) is 9.57. The number of nitrogens with zero attached hydrogens (tertiary/aromatic N) is 1. The van der Waals surface area contributed by atoms with E-state index in [0.29, 0.717) is 35.7 Å². The van der Waals surface area contributed by atoms with Crippen molar-refractivity contribution in [1.29, 1.82) is 0 Å². The molecule has 24 heavy (non-hydrogen) atoms. The maximum atomic E-state index is 12.8. The molecule has 1 aliphatic carbocycles. The van der Waals surface area contributed by atoms with Gasteiger partial charge in [-0.25, -0.2) is 0 Å². The van der Waals surface area contributed by atoms with E-state index < -0.39 is 0 Å². The normalized spacial score (nSPS) is 38.8. The van der Waals surface area contributed by atoms with Crippen molar-refractivity contribution in [3.63, 3.8) is 0 Å². The van der Waals surface area contributed by atoms with E-state index in [4.69, 9.17) is 0 Å². The quantitative estimate of drug-likeness (QED) is 0.829. The average Bonchev–Trinajstić information content (AvgIpc) is 3.22. The number of thioether (sulfide) groups is 2. The van der Waals surface area contributed by atoms with Crippen LogP contribution in [0, 0.1) is 11.8 Å². The number of anilines is 1. The van der Waals surface area contributed by atoms with Crippen molar-refractivity contribution in [3.05, 3.63) is 29.8 Å². The van der Waals surface area contributed by atoms with E-state index in [1.807, 2.05) is 7.05 Å². The Hall–Kier alpha value is -0.810. The summed E-state index contributed by atoms with van der Waals surface area (Å²) < 4.78 is 0.164. The molecule has 3 fully saturated rings.